The number of methoxy groups -OCH3 is 3. The number of hydrogen-bond donors (Lipinski definition) is 1. The minimum absolute atomic E-state index is 0.175. The Morgan fingerprint density at radius 1 is 0.860 bits per heavy atom. The van der Waals surface area contributed by atoms with Crippen molar-refractivity contribution in [3.8, 4) is 57.0 Å². The van der Waals surface area contributed by atoms with Gasteiger partial charge in [-0.2, -0.15) is 5.26 Å². The number of thiazole rings is 1. The summed E-state index contributed by atoms with van der Waals surface area (Å²) in [6.07, 6.45) is 0.207. The minimum atomic E-state index is -0.175. The second-order valence-corrected chi connectivity index (χ2v) is 11.1. The fourth-order valence-corrected chi connectivity index (χ4v) is 6.08. The zero-order chi connectivity index (χ0) is 30.2. The highest BCUT2D eigenvalue weighted by molar-refractivity contribution is 7.99. The maximum atomic E-state index is 12.8. The van der Waals surface area contributed by atoms with Gasteiger partial charge in [-0.25, -0.2) is 9.97 Å². The summed E-state index contributed by atoms with van der Waals surface area (Å²) in [5.74, 6) is 2.22. The molecule has 5 rings (SSSR count). The van der Waals surface area contributed by atoms with E-state index in [0.717, 1.165) is 22.6 Å². The molecule has 0 aliphatic carbocycles. The SMILES string of the molecule is COc1cccc(-c2csc(NC(=O)CCSc3nc(-c4ccccc4)cc(-c4cc(OC)ccc4OC)c3C#N)n2)c1. The van der Waals surface area contributed by atoms with E-state index in [1.807, 2.05) is 84.2 Å². The highest BCUT2D eigenvalue weighted by Crippen LogP contribution is 2.40. The highest BCUT2D eigenvalue weighted by Gasteiger charge is 2.20. The maximum absolute atomic E-state index is 12.8. The van der Waals surface area contributed by atoms with Crippen molar-refractivity contribution in [3.05, 3.63) is 89.8 Å². The molecule has 1 amide bonds. The van der Waals surface area contributed by atoms with Crippen LogP contribution in [0.25, 0.3) is 33.6 Å². The Labute approximate surface area is 258 Å². The van der Waals surface area contributed by atoms with E-state index in [1.54, 1.807) is 21.3 Å². The monoisotopic (exact) mass is 608 g/mol. The number of hydrogen-bond acceptors (Lipinski definition) is 9. The van der Waals surface area contributed by atoms with Crippen molar-refractivity contribution in [2.45, 2.75) is 11.4 Å². The van der Waals surface area contributed by atoms with Crippen molar-refractivity contribution >= 4 is 34.1 Å². The van der Waals surface area contributed by atoms with Crippen LogP contribution in [0.4, 0.5) is 5.13 Å². The van der Waals surface area contributed by atoms with Gasteiger partial charge in [0.05, 0.1) is 38.3 Å². The Kier molecular flexibility index (Phi) is 9.56. The average molecular weight is 609 g/mol. The Bertz CT molecular complexity index is 1780. The molecule has 2 heterocycles. The van der Waals surface area contributed by atoms with Crippen LogP contribution < -0.4 is 19.5 Å². The number of carbonyl (C=O) groups is 1. The number of pyridine rings is 1. The van der Waals surface area contributed by atoms with Crippen LogP contribution in [0.3, 0.4) is 0 Å². The minimum Gasteiger partial charge on any atom is -0.497 e. The summed E-state index contributed by atoms with van der Waals surface area (Å²) in [5, 5.41) is 16.1. The number of carbonyl (C=O) groups excluding carboxylic acids is 1. The highest BCUT2D eigenvalue weighted by atomic mass is 32.2. The second kappa shape index (κ2) is 13.9. The van der Waals surface area contributed by atoms with Crippen LogP contribution in [0, 0.1) is 11.3 Å². The summed E-state index contributed by atoms with van der Waals surface area (Å²) in [4.78, 5) is 22.2. The maximum Gasteiger partial charge on any atom is 0.226 e. The molecule has 43 heavy (non-hydrogen) atoms. The summed E-state index contributed by atoms with van der Waals surface area (Å²) in [7, 11) is 4.80. The van der Waals surface area contributed by atoms with Gasteiger partial charge >= 0.3 is 0 Å². The standard InChI is InChI=1S/C33H28N4O4S2/c1-39-23-11-7-10-22(16-23)29-20-43-33(36-29)37-31(38)14-15-42-32-27(19-34)25(18-28(35-32)21-8-5-4-6-9-21)26-17-24(40-2)12-13-30(26)41-3/h4-13,16-18,20H,14-15H2,1-3H3,(H,36,37,38). The molecule has 0 spiro atoms. The van der Waals surface area contributed by atoms with Gasteiger partial charge in [0, 0.05) is 39.8 Å². The molecule has 10 heteroatoms. The van der Waals surface area contributed by atoms with Gasteiger partial charge in [-0.1, -0.05) is 42.5 Å². The normalized spacial score (nSPS) is 10.6. The molecule has 216 valence electrons. The van der Waals surface area contributed by atoms with Gasteiger partial charge in [-0.15, -0.1) is 23.1 Å². The first-order valence-electron chi connectivity index (χ1n) is 13.3. The molecule has 0 bridgehead atoms. The van der Waals surface area contributed by atoms with E-state index < -0.39 is 0 Å². The van der Waals surface area contributed by atoms with E-state index in [1.165, 1.54) is 23.1 Å². The average Bonchev–Trinajstić information content (AvgIpc) is 3.52. The molecular formula is C33H28N4O4S2. The molecule has 8 nitrogen and oxygen atoms in total. The lowest BCUT2D eigenvalue weighted by molar-refractivity contribution is -0.115. The fraction of sp³-hybridized carbons (Fsp3) is 0.152. The van der Waals surface area contributed by atoms with E-state index >= 15 is 0 Å². The van der Waals surface area contributed by atoms with Gasteiger partial charge in [0.1, 0.15) is 28.3 Å². The van der Waals surface area contributed by atoms with E-state index in [4.69, 9.17) is 19.2 Å². The van der Waals surface area contributed by atoms with Crippen molar-refractivity contribution in [3.63, 3.8) is 0 Å². The summed E-state index contributed by atoms with van der Waals surface area (Å²) in [5.41, 5.74) is 5.07. The van der Waals surface area contributed by atoms with Gasteiger partial charge in [-0.3, -0.25) is 4.79 Å². The Hall–Kier alpha value is -4.85. The summed E-state index contributed by atoms with van der Waals surface area (Å²) >= 11 is 2.72. The van der Waals surface area contributed by atoms with E-state index in [2.05, 4.69) is 16.4 Å². The number of aromatic nitrogens is 2. The van der Waals surface area contributed by atoms with Gasteiger partial charge < -0.3 is 19.5 Å². The van der Waals surface area contributed by atoms with Crippen molar-refractivity contribution in [1.82, 2.24) is 9.97 Å². The Balaban J connectivity index is 1.37. The first-order valence-corrected chi connectivity index (χ1v) is 15.1. The largest absolute Gasteiger partial charge is 0.497 e. The molecule has 0 aliphatic rings. The third-order valence-corrected chi connectivity index (χ3v) is 8.28. The number of rotatable bonds is 11. The Morgan fingerprint density at radius 3 is 2.37 bits per heavy atom. The molecule has 0 saturated carbocycles. The quantitative estimate of drug-likeness (QED) is 0.153. The molecule has 2 aromatic heterocycles. The van der Waals surface area contributed by atoms with Gasteiger partial charge in [0.25, 0.3) is 0 Å². The number of ether oxygens (including phenoxy) is 3. The molecular weight excluding hydrogens is 581 g/mol. The van der Waals surface area contributed by atoms with Crippen LogP contribution in [-0.4, -0.2) is 43.0 Å². The lowest BCUT2D eigenvalue weighted by Gasteiger charge is -2.15. The van der Waals surface area contributed by atoms with Crippen molar-refractivity contribution in [1.29, 1.82) is 5.26 Å². The molecule has 3 aromatic carbocycles. The van der Waals surface area contributed by atoms with Crippen molar-refractivity contribution in [2.75, 3.05) is 32.4 Å². The Morgan fingerprint density at radius 2 is 1.63 bits per heavy atom. The van der Waals surface area contributed by atoms with Crippen LogP contribution in [0.1, 0.15) is 12.0 Å². The van der Waals surface area contributed by atoms with Crippen LogP contribution in [0.15, 0.2) is 89.3 Å². The first kappa shape index (κ1) is 29.6. The lowest BCUT2D eigenvalue weighted by atomic mass is 9.98. The van der Waals surface area contributed by atoms with Crippen LogP contribution in [-0.2, 0) is 4.79 Å². The van der Waals surface area contributed by atoms with Crippen molar-refractivity contribution < 1.29 is 19.0 Å². The third kappa shape index (κ3) is 6.97. The van der Waals surface area contributed by atoms with Crippen molar-refractivity contribution in [2.24, 2.45) is 0 Å². The molecule has 0 aliphatic heterocycles. The lowest BCUT2D eigenvalue weighted by Crippen LogP contribution is -2.12. The number of anilines is 1. The number of nitrogens with one attached hydrogen (secondary N) is 1. The number of benzene rings is 3. The van der Waals surface area contributed by atoms with E-state index in [0.29, 0.717) is 49.8 Å². The van der Waals surface area contributed by atoms with Gasteiger partial charge in [0.15, 0.2) is 5.13 Å². The predicted molar refractivity (Wildman–Crippen MR) is 171 cm³/mol. The van der Waals surface area contributed by atoms with Crippen LogP contribution in [0.5, 0.6) is 17.2 Å². The summed E-state index contributed by atoms with van der Waals surface area (Å²) < 4.78 is 16.4. The third-order valence-electron chi connectivity index (χ3n) is 6.55. The zero-order valence-corrected chi connectivity index (χ0v) is 25.4. The number of nitrogens with zero attached hydrogens (tertiary/aromatic N) is 3. The molecule has 1 N–H and O–H groups in total. The summed E-state index contributed by atoms with van der Waals surface area (Å²) in [6, 6.07) is 27.1. The molecule has 0 radical (unpaired) electrons. The predicted octanol–water partition coefficient (Wildman–Crippen LogP) is 7.56. The number of nitriles is 1. The molecule has 5 aromatic rings. The number of thioether (sulfide) groups is 1. The van der Waals surface area contributed by atoms with E-state index in [9.17, 15) is 10.1 Å². The summed E-state index contributed by atoms with van der Waals surface area (Å²) in [6.45, 7) is 0. The second-order valence-electron chi connectivity index (χ2n) is 9.20. The topological polar surface area (TPSA) is 106 Å². The molecule has 0 saturated heterocycles. The van der Waals surface area contributed by atoms with E-state index in [-0.39, 0.29) is 12.3 Å². The van der Waals surface area contributed by atoms with Crippen LogP contribution >= 0.6 is 23.1 Å². The van der Waals surface area contributed by atoms with Gasteiger partial charge in [-0.05, 0) is 36.4 Å². The smallest absolute Gasteiger partial charge is 0.226 e. The molecule has 0 unspecified atom stereocenters. The first-order chi connectivity index (χ1) is 21.0. The van der Waals surface area contributed by atoms with Crippen LogP contribution in [0.2, 0.25) is 0 Å². The fourth-order valence-electron chi connectivity index (χ4n) is 4.40. The molecule has 0 fully saturated rings. The number of amides is 1. The molecule has 0 atom stereocenters. The zero-order valence-electron chi connectivity index (χ0n) is 23.8. The van der Waals surface area contributed by atoms with Gasteiger partial charge in [0.2, 0.25) is 5.91 Å².